The van der Waals surface area contributed by atoms with Crippen molar-refractivity contribution in [3.63, 3.8) is 0 Å². The van der Waals surface area contributed by atoms with Crippen LogP contribution in [0.1, 0.15) is 12.5 Å². The van der Waals surface area contributed by atoms with Crippen LogP contribution in [0.4, 0.5) is 4.79 Å². The van der Waals surface area contributed by atoms with Crippen molar-refractivity contribution in [2.75, 3.05) is 13.2 Å². The Kier molecular flexibility index (Phi) is 5.29. The molecule has 2 amide bonds. The first-order chi connectivity index (χ1) is 10.0. The number of alkyl halides is 1. The second-order valence-corrected chi connectivity index (χ2v) is 5.46. The van der Waals surface area contributed by atoms with E-state index in [2.05, 4.69) is 0 Å². The third-order valence-corrected chi connectivity index (χ3v) is 4.12. The molecule has 1 heterocycles. The van der Waals surface area contributed by atoms with Crippen molar-refractivity contribution in [1.82, 2.24) is 9.32 Å². The summed E-state index contributed by atoms with van der Waals surface area (Å²) in [5.41, 5.74) is 5.70. The van der Waals surface area contributed by atoms with Crippen LogP contribution in [0.25, 0.3) is 0 Å². The van der Waals surface area contributed by atoms with Gasteiger partial charge in [0.25, 0.3) is 5.85 Å². The maximum atomic E-state index is 11.7. The number of carbonyl (C=O) groups excluding carboxylic acids is 1. The summed E-state index contributed by atoms with van der Waals surface area (Å²) in [7, 11) is 0. The van der Waals surface area contributed by atoms with Crippen LogP contribution in [0, 0.1) is 0 Å². The number of hydrogen-bond donors (Lipinski definition) is 1. The van der Waals surface area contributed by atoms with E-state index in [0.29, 0.717) is 6.61 Å². The van der Waals surface area contributed by atoms with Gasteiger partial charge in [0.2, 0.25) is 0 Å². The van der Waals surface area contributed by atoms with Crippen LogP contribution in [-0.2, 0) is 16.2 Å². The second kappa shape index (κ2) is 6.81. The lowest BCUT2D eigenvalue weighted by molar-refractivity contribution is -0.404. The largest absolute Gasteiger partial charge is 0.351 e. The smallest absolute Gasteiger partial charge is 0.318 e. The average molecular weight is 334 g/mol. The molecule has 1 fully saturated rings. The van der Waals surface area contributed by atoms with E-state index in [4.69, 9.17) is 38.9 Å². The molecular weight excluding hydrogens is 317 g/mol. The predicted molar refractivity (Wildman–Crippen MR) is 79.2 cm³/mol. The number of nitrogens with two attached hydrogens (primary N) is 1. The van der Waals surface area contributed by atoms with Gasteiger partial charge in [0, 0.05) is 6.42 Å². The van der Waals surface area contributed by atoms with Gasteiger partial charge in [0.15, 0.2) is 0 Å². The third-order valence-electron chi connectivity index (χ3n) is 3.19. The normalized spacial score (nSPS) is 26.2. The molecule has 8 heteroatoms. The average Bonchev–Trinajstić information content (AvgIpc) is 2.72. The zero-order valence-electron chi connectivity index (χ0n) is 11.5. The molecule has 1 aliphatic heterocycles. The molecule has 1 aromatic rings. The summed E-state index contributed by atoms with van der Waals surface area (Å²) in [4.78, 5) is 23.5. The van der Waals surface area contributed by atoms with Crippen LogP contribution in [-0.4, -0.2) is 39.9 Å². The van der Waals surface area contributed by atoms with Gasteiger partial charge in [-0.15, -0.1) is 16.0 Å². The first kappa shape index (κ1) is 16.3. The lowest BCUT2D eigenvalue weighted by atomic mass is 10.1. The molecule has 1 saturated heterocycles. The highest BCUT2D eigenvalue weighted by molar-refractivity contribution is 6.25. The van der Waals surface area contributed by atoms with Crippen molar-refractivity contribution in [1.29, 1.82) is 0 Å². The van der Waals surface area contributed by atoms with Crippen LogP contribution in [0.5, 0.6) is 0 Å². The summed E-state index contributed by atoms with van der Waals surface area (Å²) >= 11 is 12.4. The van der Waals surface area contributed by atoms with Gasteiger partial charge in [-0.3, -0.25) is 4.90 Å². The molecule has 0 aliphatic carbocycles. The molecule has 1 aromatic carbocycles. The van der Waals surface area contributed by atoms with Crippen molar-refractivity contribution in [3.05, 3.63) is 35.9 Å². The minimum atomic E-state index is -1.38. The van der Waals surface area contributed by atoms with Gasteiger partial charge in [0.05, 0.1) is 13.2 Å². The SMILES string of the molecule is CCOOC1(Cc2ccccc2)N(C(N)=O)CC(Cl)N1Cl. The molecule has 6 nitrogen and oxygen atoms in total. The molecule has 0 radical (unpaired) electrons. The van der Waals surface area contributed by atoms with Crippen molar-refractivity contribution in [3.8, 4) is 0 Å². The van der Waals surface area contributed by atoms with E-state index in [0.717, 1.165) is 5.56 Å². The second-order valence-electron chi connectivity index (χ2n) is 4.59. The number of urea groups is 1. The number of rotatable bonds is 5. The minimum absolute atomic E-state index is 0.139. The van der Waals surface area contributed by atoms with Gasteiger partial charge < -0.3 is 5.73 Å². The molecule has 2 atom stereocenters. The molecular formula is C13H17Cl2N3O3. The molecule has 116 valence electrons. The van der Waals surface area contributed by atoms with Crippen LogP contribution >= 0.6 is 23.4 Å². The third kappa shape index (κ3) is 3.25. The van der Waals surface area contributed by atoms with E-state index >= 15 is 0 Å². The quantitative estimate of drug-likeness (QED) is 0.295. The highest BCUT2D eigenvalue weighted by Gasteiger charge is 2.55. The van der Waals surface area contributed by atoms with Gasteiger partial charge in [-0.2, -0.15) is 4.89 Å². The Morgan fingerprint density at radius 2 is 2.14 bits per heavy atom. The van der Waals surface area contributed by atoms with Crippen molar-refractivity contribution in [2.45, 2.75) is 24.7 Å². The lowest BCUT2D eigenvalue weighted by Gasteiger charge is -2.38. The number of carbonyl (C=O) groups is 1. The summed E-state index contributed by atoms with van der Waals surface area (Å²) in [5, 5.41) is 0. The first-order valence-electron chi connectivity index (χ1n) is 6.52. The van der Waals surface area contributed by atoms with E-state index in [-0.39, 0.29) is 13.0 Å². The van der Waals surface area contributed by atoms with Gasteiger partial charge in [-0.1, -0.05) is 30.3 Å². The molecule has 0 aromatic heterocycles. The molecule has 2 N–H and O–H groups in total. The van der Waals surface area contributed by atoms with Gasteiger partial charge >= 0.3 is 6.03 Å². The Morgan fingerprint density at radius 1 is 1.48 bits per heavy atom. The number of benzene rings is 1. The van der Waals surface area contributed by atoms with Crippen molar-refractivity contribution in [2.24, 2.45) is 5.73 Å². The summed E-state index contributed by atoms with van der Waals surface area (Å²) in [6.45, 7) is 2.19. The van der Waals surface area contributed by atoms with Crippen LogP contribution < -0.4 is 5.73 Å². The van der Waals surface area contributed by atoms with Crippen LogP contribution in [0.2, 0.25) is 0 Å². The highest BCUT2D eigenvalue weighted by Crippen LogP contribution is 2.38. The maximum absolute atomic E-state index is 11.7. The van der Waals surface area contributed by atoms with Gasteiger partial charge in [0.1, 0.15) is 5.50 Å². The zero-order chi connectivity index (χ0) is 15.5. The van der Waals surface area contributed by atoms with Gasteiger partial charge in [-0.05, 0) is 24.3 Å². The standard InChI is InChI=1S/C13H17Cl2N3O3/c1-2-20-21-13(8-10-6-4-3-5-7-10)17(12(16)19)9-11(14)18(13)15/h3-7,11H,2,8-9H2,1H3,(H2,16,19). The summed E-state index contributed by atoms with van der Waals surface area (Å²) in [5.74, 6) is -1.38. The predicted octanol–water partition coefficient (Wildman–Crippen LogP) is 2.27. The number of nitrogens with zero attached hydrogens (tertiary/aromatic N) is 2. The summed E-state index contributed by atoms with van der Waals surface area (Å²) < 4.78 is 1.22. The Morgan fingerprint density at radius 3 is 2.71 bits per heavy atom. The molecule has 1 aliphatic rings. The fourth-order valence-electron chi connectivity index (χ4n) is 2.26. The summed E-state index contributed by atoms with van der Waals surface area (Å²) in [6.07, 6.45) is 0.267. The number of halogens is 2. The van der Waals surface area contributed by atoms with E-state index in [9.17, 15) is 4.79 Å². The fourth-order valence-corrected chi connectivity index (χ4v) is 2.79. The molecule has 2 rings (SSSR count). The van der Waals surface area contributed by atoms with Gasteiger partial charge in [-0.25, -0.2) is 9.68 Å². The number of hydrogen-bond acceptors (Lipinski definition) is 4. The van der Waals surface area contributed by atoms with Crippen LogP contribution in [0.3, 0.4) is 0 Å². The maximum Gasteiger partial charge on any atom is 0.318 e. The first-order valence-corrected chi connectivity index (χ1v) is 7.29. The lowest BCUT2D eigenvalue weighted by Crippen LogP contribution is -2.58. The monoisotopic (exact) mass is 333 g/mol. The zero-order valence-corrected chi connectivity index (χ0v) is 13.0. The van der Waals surface area contributed by atoms with E-state index < -0.39 is 17.4 Å². The molecule has 2 unspecified atom stereocenters. The van der Waals surface area contributed by atoms with E-state index in [1.165, 1.54) is 9.32 Å². The van der Waals surface area contributed by atoms with E-state index in [1.54, 1.807) is 6.92 Å². The molecule has 0 spiro atoms. The number of primary amides is 1. The highest BCUT2D eigenvalue weighted by atomic mass is 35.5. The van der Waals surface area contributed by atoms with E-state index in [1.807, 2.05) is 30.3 Å². The Bertz CT molecular complexity index is 491. The molecule has 0 bridgehead atoms. The minimum Gasteiger partial charge on any atom is -0.351 e. The Hall–Kier alpha value is -1.05. The fraction of sp³-hybridized carbons (Fsp3) is 0.462. The van der Waals surface area contributed by atoms with Crippen molar-refractivity contribution < 1.29 is 14.6 Å². The number of amides is 2. The van der Waals surface area contributed by atoms with Crippen molar-refractivity contribution >= 4 is 29.4 Å². The summed E-state index contributed by atoms with van der Waals surface area (Å²) in [6, 6.07) is 8.75. The molecule has 0 saturated carbocycles. The Labute approximate surface area is 133 Å². The van der Waals surface area contributed by atoms with Crippen LogP contribution in [0.15, 0.2) is 30.3 Å². The molecule has 21 heavy (non-hydrogen) atoms. The Balaban J connectivity index is 2.36. The topological polar surface area (TPSA) is 68.0 Å².